The van der Waals surface area contributed by atoms with E-state index in [0.717, 1.165) is 64.2 Å². The average molecular weight is 680 g/mol. The number of aromatic nitrogens is 2. The molecule has 4 N–H and O–H groups in total. The third-order valence-electron chi connectivity index (χ3n) is 10.7. The van der Waals surface area contributed by atoms with Crippen molar-refractivity contribution in [1.82, 2.24) is 36.1 Å². The maximum absolute atomic E-state index is 14.6. The zero-order chi connectivity index (χ0) is 35.3. The molecule has 1 aliphatic heterocycles. The highest BCUT2D eigenvalue weighted by molar-refractivity contribution is 6.38. The third kappa shape index (κ3) is 8.83. The maximum atomic E-state index is 14.6. The van der Waals surface area contributed by atoms with Crippen molar-refractivity contribution in [3.8, 4) is 0 Å². The van der Waals surface area contributed by atoms with Gasteiger partial charge in [-0.3, -0.25) is 33.8 Å². The molecule has 3 aliphatic carbocycles. The predicted molar refractivity (Wildman–Crippen MR) is 181 cm³/mol. The molecular formula is C36H53N7O6. The first-order valence-electron chi connectivity index (χ1n) is 18.2. The Hall–Kier alpha value is -3.90. The number of amides is 5. The molecule has 0 bridgehead atoms. The molecule has 13 heteroatoms. The topological polar surface area (TPSA) is 180 Å². The van der Waals surface area contributed by atoms with Crippen LogP contribution in [0.1, 0.15) is 115 Å². The lowest BCUT2D eigenvalue weighted by Crippen LogP contribution is -2.62. The summed E-state index contributed by atoms with van der Waals surface area (Å²) in [6.07, 6.45) is 13.9. The molecule has 1 saturated heterocycles. The van der Waals surface area contributed by atoms with Crippen molar-refractivity contribution in [2.45, 2.75) is 135 Å². The standard InChI is InChI=1S/C36H53N7O6/c1-5-10-25(29(44)34(48)39-23-15-16-23)40-33(47)28-24-14-9-13-22(24)20-43(28)35(49)30(36(2,3)4)42-32(46)27(21-11-7-6-8-12-21)41-31(45)26-19-37-17-18-38-26/h17-19,21-25,27-28,30H,5-16,20H2,1-4H3,(H,39,48)(H,40,47)(H,41,45)(H,42,46)/t22?,24-,25+,27+,28-,30+/m0/s1. The highest BCUT2D eigenvalue weighted by atomic mass is 16.2. The first-order chi connectivity index (χ1) is 23.4. The average Bonchev–Trinajstić information content (AvgIpc) is 3.65. The number of nitrogens with one attached hydrogen (secondary N) is 4. The second-order valence-electron chi connectivity index (χ2n) is 15.5. The molecule has 1 aromatic heterocycles. The van der Waals surface area contributed by atoms with Crippen LogP contribution in [0.25, 0.3) is 0 Å². The SMILES string of the molecule is CCC[C@@H](NC(=O)[C@@H]1[C@H]2CCCC2CN1C(=O)[C@@H](NC(=O)[C@H](NC(=O)c1cnccn1)C1CCCCC1)C(C)(C)C)C(=O)C(=O)NC1CC1. The second-order valence-corrected chi connectivity index (χ2v) is 15.5. The Bertz CT molecular complexity index is 1390. The number of Topliss-reactive ketones (excluding diaryl/α,β-unsaturated/α-hetero) is 1. The molecule has 0 radical (unpaired) electrons. The molecular weight excluding hydrogens is 626 g/mol. The third-order valence-corrected chi connectivity index (χ3v) is 10.7. The van der Waals surface area contributed by atoms with E-state index in [1.807, 2.05) is 27.7 Å². The lowest BCUT2D eigenvalue weighted by molar-refractivity contribution is -0.146. The Labute approximate surface area is 288 Å². The van der Waals surface area contributed by atoms with Gasteiger partial charge in [0.1, 0.15) is 23.8 Å². The predicted octanol–water partition coefficient (Wildman–Crippen LogP) is 2.45. The zero-order valence-corrected chi connectivity index (χ0v) is 29.3. The van der Waals surface area contributed by atoms with Gasteiger partial charge in [0.15, 0.2) is 0 Å². The number of nitrogens with zero attached hydrogens (tertiary/aromatic N) is 3. The van der Waals surface area contributed by atoms with Gasteiger partial charge in [0.05, 0.1) is 12.2 Å². The molecule has 1 unspecified atom stereocenters. The fraction of sp³-hybridized carbons (Fsp3) is 0.722. The smallest absolute Gasteiger partial charge is 0.289 e. The van der Waals surface area contributed by atoms with Gasteiger partial charge in [-0.2, -0.15) is 0 Å². The van der Waals surface area contributed by atoms with Crippen molar-refractivity contribution in [3.63, 3.8) is 0 Å². The van der Waals surface area contributed by atoms with Crippen molar-refractivity contribution in [2.75, 3.05) is 6.54 Å². The molecule has 3 saturated carbocycles. The monoisotopic (exact) mass is 679 g/mol. The Morgan fingerprint density at radius 2 is 1.63 bits per heavy atom. The van der Waals surface area contributed by atoms with Gasteiger partial charge in [0, 0.05) is 25.0 Å². The molecule has 0 spiro atoms. The van der Waals surface area contributed by atoms with E-state index in [-0.39, 0.29) is 35.4 Å². The maximum Gasteiger partial charge on any atom is 0.289 e. The van der Waals surface area contributed by atoms with Crippen LogP contribution in [0, 0.1) is 23.2 Å². The summed E-state index contributed by atoms with van der Waals surface area (Å²) >= 11 is 0. The highest BCUT2D eigenvalue weighted by Crippen LogP contribution is 2.43. The molecule has 2 heterocycles. The van der Waals surface area contributed by atoms with Crippen molar-refractivity contribution in [3.05, 3.63) is 24.3 Å². The number of rotatable bonds is 13. The summed E-state index contributed by atoms with van der Waals surface area (Å²) in [6, 6.07) is -3.68. The Morgan fingerprint density at radius 1 is 0.898 bits per heavy atom. The summed E-state index contributed by atoms with van der Waals surface area (Å²) < 4.78 is 0. The summed E-state index contributed by atoms with van der Waals surface area (Å²) in [4.78, 5) is 91.4. The normalized spacial score (nSPS) is 24.2. The van der Waals surface area contributed by atoms with E-state index in [1.54, 1.807) is 4.90 Å². The van der Waals surface area contributed by atoms with Crippen LogP contribution in [0.5, 0.6) is 0 Å². The first-order valence-corrected chi connectivity index (χ1v) is 18.2. The molecule has 49 heavy (non-hydrogen) atoms. The van der Waals surface area contributed by atoms with Crippen LogP contribution in [-0.4, -0.2) is 86.9 Å². The lowest BCUT2D eigenvalue weighted by Gasteiger charge is -2.38. The van der Waals surface area contributed by atoms with Crippen LogP contribution in [0.4, 0.5) is 0 Å². The second kappa shape index (κ2) is 15.8. The molecule has 0 aromatic carbocycles. The van der Waals surface area contributed by atoms with Crippen LogP contribution in [0.2, 0.25) is 0 Å². The van der Waals surface area contributed by atoms with E-state index in [0.29, 0.717) is 19.4 Å². The van der Waals surface area contributed by atoms with Crippen molar-refractivity contribution in [2.24, 2.45) is 23.2 Å². The van der Waals surface area contributed by atoms with E-state index < -0.39 is 59.0 Å². The number of carbonyl (C=O) groups excluding carboxylic acids is 6. The first kappa shape index (κ1) is 36.4. The van der Waals surface area contributed by atoms with E-state index in [2.05, 4.69) is 31.2 Å². The summed E-state index contributed by atoms with van der Waals surface area (Å²) in [5.41, 5.74) is -0.638. The van der Waals surface area contributed by atoms with Crippen LogP contribution >= 0.6 is 0 Å². The van der Waals surface area contributed by atoms with Gasteiger partial charge in [0.25, 0.3) is 11.8 Å². The summed E-state index contributed by atoms with van der Waals surface area (Å²) in [6.45, 7) is 7.85. The van der Waals surface area contributed by atoms with Gasteiger partial charge in [-0.1, -0.05) is 59.8 Å². The van der Waals surface area contributed by atoms with E-state index in [9.17, 15) is 28.8 Å². The van der Waals surface area contributed by atoms with Crippen LogP contribution < -0.4 is 21.3 Å². The number of ketones is 1. The fourth-order valence-electron chi connectivity index (χ4n) is 7.87. The summed E-state index contributed by atoms with van der Waals surface area (Å²) in [7, 11) is 0. The minimum Gasteiger partial charge on any atom is -0.347 e. The fourth-order valence-corrected chi connectivity index (χ4v) is 7.87. The van der Waals surface area contributed by atoms with E-state index in [4.69, 9.17) is 0 Å². The Balaban J connectivity index is 1.36. The lowest BCUT2D eigenvalue weighted by atomic mass is 9.82. The number of fused-ring (bicyclic) bond motifs is 1. The molecule has 5 amide bonds. The molecule has 6 atom stereocenters. The minimum atomic E-state index is -0.994. The molecule has 4 fully saturated rings. The van der Waals surface area contributed by atoms with Crippen LogP contribution in [-0.2, 0) is 24.0 Å². The number of likely N-dealkylation sites (tertiary alicyclic amines) is 1. The molecule has 5 rings (SSSR count). The van der Waals surface area contributed by atoms with Gasteiger partial charge in [-0.25, -0.2) is 4.98 Å². The van der Waals surface area contributed by atoms with Crippen molar-refractivity contribution in [1.29, 1.82) is 0 Å². The van der Waals surface area contributed by atoms with E-state index >= 15 is 0 Å². The Kier molecular flexibility index (Phi) is 11.7. The van der Waals surface area contributed by atoms with Crippen LogP contribution in [0.3, 0.4) is 0 Å². The van der Waals surface area contributed by atoms with Gasteiger partial charge in [-0.05, 0) is 68.1 Å². The van der Waals surface area contributed by atoms with E-state index in [1.165, 1.54) is 18.6 Å². The molecule has 1 aromatic rings. The van der Waals surface area contributed by atoms with Gasteiger partial charge in [-0.15, -0.1) is 0 Å². The highest BCUT2D eigenvalue weighted by Gasteiger charge is 2.52. The summed E-state index contributed by atoms with van der Waals surface area (Å²) in [5, 5.41) is 11.5. The minimum absolute atomic E-state index is 0.0132. The largest absolute Gasteiger partial charge is 0.347 e. The zero-order valence-electron chi connectivity index (χ0n) is 29.3. The van der Waals surface area contributed by atoms with Crippen LogP contribution in [0.15, 0.2) is 18.6 Å². The molecule has 268 valence electrons. The molecule has 13 nitrogen and oxygen atoms in total. The van der Waals surface area contributed by atoms with Crippen molar-refractivity contribution >= 4 is 35.3 Å². The number of hydrogen-bond donors (Lipinski definition) is 4. The number of hydrogen-bond acceptors (Lipinski definition) is 8. The molecule has 4 aliphatic rings. The quantitative estimate of drug-likeness (QED) is 0.230. The Morgan fingerprint density at radius 3 is 2.27 bits per heavy atom. The van der Waals surface area contributed by atoms with Crippen molar-refractivity contribution < 1.29 is 28.8 Å². The van der Waals surface area contributed by atoms with Gasteiger partial charge >= 0.3 is 0 Å². The van der Waals surface area contributed by atoms with Gasteiger partial charge in [0.2, 0.25) is 23.5 Å². The number of carbonyl (C=O) groups is 6. The van der Waals surface area contributed by atoms with Gasteiger partial charge < -0.3 is 26.2 Å². The summed E-state index contributed by atoms with van der Waals surface area (Å²) in [5.74, 6) is -3.20.